The van der Waals surface area contributed by atoms with Gasteiger partial charge in [0.25, 0.3) is 0 Å². The van der Waals surface area contributed by atoms with E-state index in [1.165, 1.54) is 0 Å². The lowest BCUT2D eigenvalue weighted by atomic mass is 9.98. The van der Waals surface area contributed by atoms with Gasteiger partial charge in [0, 0.05) is 11.1 Å². The minimum absolute atomic E-state index is 0.0373. The number of phenolic OH excluding ortho intramolecular Hbond substituents is 1. The number of hydrogen-bond donors (Lipinski definition) is 1. The van der Waals surface area contributed by atoms with Gasteiger partial charge in [-0.3, -0.25) is 4.79 Å². The Morgan fingerprint density at radius 3 is 2.23 bits per heavy atom. The molecule has 0 aromatic heterocycles. The van der Waals surface area contributed by atoms with Crippen LogP contribution in [0.2, 0.25) is 0 Å². The second-order valence-electron chi connectivity index (χ2n) is 5.74. The molecule has 0 amide bonds. The lowest BCUT2D eigenvalue weighted by Crippen LogP contribution is -1.97. The van der Waals surface area contributed by atoms with E-state index in [4.69, 9.17) is 0 Å². The average molecular weight is 286 g/mol. The van der Waals surface area contributed by atoms with Crippen LogP contribution in [-0.4, -0.2) is 10.9 Å². The van der Waals surface area contributed by atoms with Crippen molar-refractivity contribution in [3.63, 3.8) is 0 Å². The summed E-state index contributed by atoms with van der Waals surface area (Å²) in [5.74, 6) is -0.0772. The van der Waals surface area contributed by atoms with Crippen LogP contribution in [0.4, 0.5) is 0 Å². The van der Waals surface area contributed by atoms with Crippen molar-refractivity contribution >= 4 is 22.1 Å². The van der Waals surface area contributed by atoms with Gasteiger partial charge in [-0.1, -0.05) is 43.0 Å². The normalized spacial score (nSPS) is 12.3. The number of ketones is 1. The molecule has 2 heteroatoms. The molecule has 0 heterocycles. The number of phenols is 1. The van der Waals surface area contributed by atoms with E-state index >= 15 is 0 Å². The molecular formula is C20H14O2. The number of benzene rings is 3. The summed E-state index contributed by atoms with van der Waals surface area (Å²) >= 11 is 0. The second kappa shape index (κ2) is 4.31. The maximum absolute atomic E-state index is 12.7. The van der Waals surface area contributed by atoms with Crippen LogP contribution in [0, 0.1) is 0 Å². The molecule has 0 spiro atoms. The van der Waals surface area contributed by atoms with Gasteiger partial charge < -0.3 is 5.11 Å². The van der Waals surface area contributed by atoms with Gasteiger partial charge in [0.2, 0.25) is 0 Å². The largest absolute Gasteiger partial charge is 0.507 e. The fraction of sp³-hybridized carbons (Fsp3) is 0.0500. The Balaban J connectivity index is 2.06. The van der Waals surface area contributed by atoms with Gasteiger partial charge in [0.1, 0.15) is 5.75 Å². The topological polar surface area (TPSA) is 37.3 Å². The zero-order valence-corrected chi connectivity index (χ0v) is 12.2. The van der Waals surface area contributed by atoms with Crippen LogP contribution in [0.1, 0.15) is 28.4 Å². The summed E-state index contributed by atoms with van der Waals surface area (Å²) in [4.78, 5) is 12.7. The predicted octanol–water partition coefficient (Wildman–Crippen LogP) is 4.79. The molecule has 4 rings (SSSR count). The van der Waals surface area contributed by atoms with Gasteiger partial charge in [0.05, 0.1) is 5.56 Å². The molecule has 0 radical (unpaired) electrons. The van der Waals surface area contributed by atoms with Gasteiger partial charge in [-0.2, -0.15) is 0 Å². The number of carbonyl (C=O) groups is 1. The molecule has 0 saturated carbocycles. The molecule has 22 heavy (non-hydrogen) atoms. The van der Waals surface area contributed by atoms with Crippen LogP contribution in [-0.2, 0) is 0 Å². The quantitative estimate of drug-likeness (QED) is 0.546. The Kier molecular flexibility index (Phi) is 2.52. The Hall–Kier alpha value is -2.87. The van der Waals surface area contributed by atoms with Crippen LogP contribution in [0.3, 0.4) is 0 Å². The van der Waals surface area contributed by atoms with Crippen molar-refractivity contribution in [1.82, 2.24) is 0 Å². The standard InChI is InChI=1S/C20H14O2/c1-11(2)14-7-8-15-16-9-12-5-3-4-6-13(12)10-17(16)20(22)18(15)19(14)21/h3-10,21H,1H2,2H3. The zero-order chi connectivity index (χ0) is 15.4. The number of hydrogen-bond acceptors (Lipinski definition) is 2. The van der Waals surface area contributed by atoms with Crippen molar-refractivity contribution in [1.29, 1.82) is 0 Å². The van der Waals surface area contributed by atoms with Crippen LogP contribution in [0.5, 0.6) is 5.75 Å². The molecule has 0 aliphatic heterocycles. The smallest absolute Gasteiger partial charge is 0.198 e. The highest BCUT2D eigenvalue weighted by Crippen LogP contribution is 2.44. The highest BCUT2D eigenvalue weighted by atomic mass is 16.3. The summed E-state index contributed by atoms with van der Waals surface area (Å²) in [6, 6.07) is 15.6. The number of rotatable bonds is 1. The first-order valence-electron chi connectivity index (χ1n) is 7.17. The lowest BCUT2D eigenvalue weighted by Gasteiger charge is -2.08. The highest BCUT2D eigenvalue weighted by molar-refractivity contribution is 6.25. The van der Waals surface area contributed by atoms with E-state index in [1.807, 2.05) is 55.5 Å². The molecule has 0 bridgehead atoms. The van der Waals surface area contributed by atoms with E-state index in [9.17, 15) is 9.90 Å². The van der Waals surface area contributed by atoms with Gasteiger partial charge in [-0.15, -0.1) is 0 Å². The predicted molar refractivity (Wildman–Crippen MR) is 89.2 cm³/mol. The van der Waals surface area contributed by atoms with Crippen molar-refractivity contribution < 1.29 is 9.90 Å². The third-order valence-corrected chi connectivity index (χ3v) is 4.29. The first-order valence-corrected chi connectivity index (χ1v) is 7.17. The fourth-order valence-corrected chi connectivity index (χ4v) is 3.18. The first-order chi connectivity index (χ1) is 10.6. The van der Waals surface area contributed by atoms with Crippen LogP contribution < -0.4 is 0 Å². The third-order valence-electron chi connectivity index (χ3n) is 4.29. The van der Waals surface area contributed by atoms with E-state index in [2.05, 4.69) is 6.58 Å². The second-order valence-corrected chi connectivity index (χ2v) is 5.74. The van der Waals surface area contributed by atoms with Gasteiger partial charge in [-0.05, 0) is 46.5 Å². The SMILES string of the molecule is C=C(C)c1ccc2c(c1O)C(=O)c1cc3ccccc3cc1-2. The van der Waals surface area contributed by atoms with E-state index < -0.39 is 0 Å². The number of carbonyl (C=O) groups excluding carboxylic acids is 1. The number of fused-ring (bicyclic) bond motifs is 4. The summed E-state index contributed by atoms with van der Waals surface area (Å²) in [7, 11) is 0. The summed E-state index contributed by atoms with van der Waals surface area (Å²) in [6.07, 6.45) is 0. The lowest BCUT2D eigenvalue weighted by molar-refractivity contribution is 0.104. The molecule has 0 fully saturated rings. The Labute approximate surface area is 128 Å². The summed E-state index contributed by atoms with van der Waals surface area (Å²) in [5, 5.41) is 12.6. The van der Waals surface area contributed by atoms with Crippen molar-refractivity contribution in [2.75, 3.05) is 0 Å². The molecule has 1 aliphatic rings. The minimum atomic E-state index is -0.114. The summed E-state index contributed by atoms with van der Waals surface area (Å²) < 4.78 is 0. The molecule has 0 unspecified atom stereocenters. The zero-order valence-electron chi connectivity index (χ0n) is 12.2. The van der Waals surface area contributed by atoms with Crippen LogP contribution >= 0.6 is 0 Å². The maximum Gasteiger partial charge on any atom is 0.198 e. The fourth-order valence-electron chi connectivity index (χ4n) is 3.18. The molecule has 3 aromatic rings. The van der Waals surface area contributed by atoms with E-state index in [-0.39, 0.29) is 11.5 Å². The first kappa shape index (κ1) is 12.8. The summed E-state index contributed by atoms with van der Waals surface area (Å²) in [5.41, 5.74) is 4.11. The van der Waals surface area contributed by atoms with Gasteiger partial charge in [-0.25, -0.2) is 0 Å². The number of aromatic hydroxyl groups is 1. The van der Waals surface area contributed by atoms with Crippen LogP contribution in [0.15, 0.2) is 55.1 Å². The molecule has 3 aromatic carbocycles. The molecule has 0 saturated heterocycles. The van der Waals surface area contributed by atoms with Crippen LogP contribution in [0.25, 0.3) is 27.5 Å². The van der Waals surface area contributed by atoms with Gasteiger partial charge >= 0.3 is 0 Å². The molecule has 106 valence electrons. The van der Waals surface area contributed by atoms with Crippen molar-refractivity contribution in [2.24, 2.45) is 0 Å². The monoisotopic (exact) mass is 286 g/mol. The van der Waals surface area contributed by atoms with Gasteiger partial charge in [0.15, 0.2) is 5.78 Å². The number of allylic oxidation sites excluding steroid dienone is 1. The van der Waals surface area contributed by atoms with E-state index in [0.29, 0.717) is 16.7 Å². The molecule has 1 aliphatic carbocycles. The Bertz CT molecular complexity index is 980. The van der Waals surface area contributed by atoms with E-state index in [1.54, 1.807) is 0 Å². The molecule has 2 nitrogen and oxygen atoms in total. The Morgan fingerprint density at radius 2 is 1.59 bits per heavy atom. The molecule has 0 atom stereocenters. The Morgan fingerprint density at radius 1 is 0.955 bits per heavy atom. The van der Waals surface area contributed by atoms with Crippen molar-refractivity contribution in [3.05, 3.63) is 71.8 Å². The third kappa shape index (κ3) is 1.58. The molecular weight excluding hydrogens is 272 g/mol. The van der Waals surface area contributed by atoms with E-state index in [0.717, 1.165) is 27.5 Å². The van der Waals surface area contributed by atoms with Crippen molar-refractivity contribution in [2.45, 2.75) is 6.92 Å². The highest BCUT2D eigenvalue weighted by Gasteiger charge is 2.31. The molecule has 1 N–H and O–H groups in total. The van der Waals surface area contributed by atoms with Crippen molar-refractivity contribution in [3.8, 4) is 16.9 Å². The summed E-state index contributed by atoms with van der Waals surface area (Å²) in [6.45, 7) is 5.68. The minimum Gasteiger partial charge on any atom is -0.507 e. The average Bonchev–Trinajstić information content (AvgIpc) is 2.78. The maximum atomic E-state index is 12.7.